The Morgan fingerprint density at radius 2 is 1.63 bits per heavy atom. The van der Waals surface area contributed by atoms with Gasteiger partial charge in [0.2, 0.25) is 0 Å². The highest BCUT2D eigenvalue weighted by atomic mass is 19.1. The lowest BCUT2D eigenvalue weighted by atomic mass is 9.77. The van der Waals surface area contributed by atoms with Gasteiger partial charge < -0.3 is 10.0 Å². The van der Waals surface area contributed by atoms with Gasteiger partial charge in [0, 0.05) is 24.7 Å². The largest absolute Gasteiger partial charge is 0.391 e. The molecule has 5 rings (SSSR count). The molecule has 3 aliphatic rings. The summed E-state index contributed by atoms with van der Waals surface area (Å²) >= 11 is 0. The van der Waals surface area contributed by atoms with E-state index < -0.39 is 0 Å². The number of carbonyl (C=O) groups excluding carboxylic acids is 1. The number of hydrogen-bond acceptors (Lipinski definition) is 3. The molecule has 1 saturated carbocycles. The third-order valence-electron chi connectivity index (χ3n) is 7.30. The molecule has 0 spiro atoms. The first-order valence-corrected chi connectivity index (χ1v) is 11.2. The molecular weight excluding hydrogens is 379 g/mol. The quantitative estimate of drug-likeness (QED) is 0.840. The molecule has 30 heavy (non-hydrogen) atoms. The summed E-state index contributed by atoms with van der Waals surface area (Å²) in [6, 6.07) is 14.2. The molecule has 3 fully saturated rings. The fourth-order valence-corrected chi connectivity index (χ4v) is 5.69. The van der Waals surface area contributed by atoms with Crippen LogP contribution in [0.25, 0.3) is 11.1 Å². The van der Waals surface area contributed by atoms with Crippen molar-refractivity contribution in [2.24, 2.45) is 11.8 Å². The van der Waals surface area contributed by atoms with Crippen molar-refractivity contribution in [2.45, 2.75) is 37.8 Å². The highest BCUT2D eigenvalue weighted by molar-refractivity contribution is 5.95. The van der Waals surface area contributed by atoms with E-state index in [1.54, 1.807) is 6.07 Å². The SMILES string of the molecule is O=C(c1ccc(-c2cccc(F)c2)cc1)N1C[C@H]2C[C@@H](N3CCCC3)[C@H](O)C[C@H]2C1. The van der Waals surface area contributed by atoms with Crippen molar-refractivity contribution >= 4 is 5.91 Å². The second-order valence-electron chi connectivity index (χ2n) is 9.17. The lowest BCUT2D eigenvalue weighted by Gasteiger charge is -2.40. The van der Waals surface area contributed by atoms with Gasteiger partial charge in [0.1, 0.15) is 5.82 Å². The average molecular weight is 409 g/mol. The van der Waals surface area contributed by atoms with E-state index in [-0.39, 0.29) is 23.9 Å². The van der Waals surface area contributed by atoms with Crippen LogP contribution in [-0.4, -0.2) is 59.1 Å². The maximum absolute atomic E-state index is 13.5. The van der Waals surface area contributed by atoms with Crippen LogP contribution in [0.2, 0.25) is 0 Å². The summed E-state index contributed by atoms with van der Waals surface area (Å²) in [5.41, 5.74) is 2.38. The van der Waals surface area contributed by atoms with E-state index in [1.807, 2.05) is 35.2 Å². The lowest BCUT2D eigenvalue weighted by Crippen LogP contribution is -2.48. The molecule has 2 aromatic rings. The van der Waals surface area contributed by atoms with E-state index in [0.717, 1.165) is 50.1 Å². The number of likely N-dealkylation sites (tertiary alicyclic amines) is 2. The van der Waals surface area contributed by atoms with Crippen LogP contribution in [0.15, 0.2) is 48.5 Å². The van der Waals surface area contributed by atoms with Gasteiger partial charge in [-0.15, -0.1) is 0 Å². The molecule has 4 nitrogen and oxygen atoms in total. The van der Waals surface area contributed by atoms with Crippen molar-refractivity contribution in [1.29, 1.82) is 0 Å². The Balaban J connectivity index is 1.26. The maximum Gasteiger partial charge on any atom is 0.253 e. The molecule has 2 saturated heterocycles. The molecule has 2 aliphatic heterocycles. The van der Waals surface area contributed by atoms with E-state index in [4.69, 9.17) is 0 Å². The summed E-state index contributed by atoms with van der Waals surface area (Å²) in [7, 11) is 0. The number of rotatable bonds is 3. The van der Waals surface area contributed by atoms with Crippen LogP contribution in [0.3, 0.4) is 0 Å². The van der Waals surface area contributed by atoms with E-state index in [9.17, 15) is 14.3 Å². The van der Waals surface area contributed by atoms with Crippen LogP contribution in [0.5, 0.6) is 0 Å². The molecule has 0 aromatic heterocycles. The number of aliphatic hydroxyl groups is 1. The van der Waals surface area contributed by atoms with Crippen molar-refractivity contribution in [2.75, 3.05) is 26.2 Å². The van der Waals surface area contributed by atoms with Gasteiger partial charge >= 0.3 is 0 Å². The smallest absolute Gasteiger partial charge is 0.253 e. The molecule has 2 heterocycles. The number of amides is 1. The molecule has 158 valence electrons. The van der Waals surface area contributed by atoms with Crippen LogP contribution in [0.4, 0.5) is 4.39 Å². The standard InChI is InChI=1S/C25H29FN2O2/c26-22-5-3-4-19(12-22)17-6-8-18(9-7-17)25(30)28-15-20-13-23(27-10-1-2-11-27)24(29)14-21(20)16-28/h3-9,12,20-21,23-24,29H,1-2,10-11,13-16H2/t20-,21+,23-,24-/m1/s1. The monoisotopic (exact) mass is 408 g/mol. The zero-order valence-corrected chi connectivity index (χ0v) is 17.2. The van der Waals surface area contributed by atoms with Gasteiger partial charge in [-0.2, -0.15) is 0 Å². The zero-order valence-electron chi connectivity index (χ0n) is 17.2. The fourth-order valence-electron chi connectivity index (χ4n) is 5.69. The first-order chi connectivity index (χ1) is 14.6. The Kier molecular flexibility index (Phi) is 5.34. The minimum atomic E-state index is -0.273. The third-order valence-corrected chi connectivity index (χ3v) is 7.30. The average Bonchev–Trinajstić information content (AvgIpc) is 3.42. The van der Waals surface area contributed by atoms with E-state index in [2.05, 4.69) is 4.90 Å². The van der Waals surface area contributed by atoms with Gasteiger partial charge in [-0.05, 0) is 86.0 Å². The minimum Gasteiger partial charge on any atom is -0.391 e. The van der Waals surface area contributed by atoms with Gasteiger partial charge in [0.05, 0.1) is 6.10 Å². The number of aliphatic hydroxyl groups excluding tert-OH is 1. The first-order valence-electron chi connectivity index (χ1n) is 11.2. The Labute approximate surface area is 177 Å². The molecular formula is C25H29FN2O2. The second-order valence-corrected chi connectivity index (χ2v) is 9.17. The highest BCUT2D eigenvalue weighted by Gasteiger charge is 2.44. The van der Waals surface area contributed by atoms with Crippen LogP contribution in [0.1, 0.15) is 36.0 Å². The summed E-state index contributed by atoms with van der Waals surface area (Å²) in [5.74, 6) is 0.674. The molecule has 0 unspecified atom stereocenters. The fraction of sp³-hybridized carbons (Fsp3) is 0.480. The molecule has 4 atom stereocenters. The van der Waals surface area contributed by atoms with E-state index >= 15 is 0 Å². The summed E-state index contributed by atoms with van der Waals surface area (Å²) < 4.78 is 13.5. The van der Waals surface area contributed by atoms with Crippen molar-refractivity contribution in [3.05, 3.63) is 59.9 Å². The van der Waals surface area contributed by atoms with Gasteiger partial charge in [0.25, 0.3) is 5.91 Å². The maximum atomic E-state index is 13.5. The van der Waals surface area contributed by atoms with Gasteiger partial charge in [0.15, 0.2) is 0 Å². The molecule has 0 radical (unpaired) electrons. The highest BCUT2D eigenvalue weighted by Crippen LogP contribution is 2.39. The predicted octanol–water partition coefficient (Wildman–Crippen LogP) is 3.80. The number of fused-ring (bicyclic) bond motifs is 1. The Morgan fingerprint density at radius 3 is 2.33 bits per heavy atom. The van der Waals surface area contributed by atoms with Crippen LogP contribution >= 0.6 is 0 Å². The molecule has 0 bridgehead atoms. The Hall–Kier alpha value is -2.24. The third kappa shape index (κ3) is 3.77. The molecule has 1 aliphatic carbocycles. The summed E-state index contributed by atoms with van der Waals surface area (Å²) in [5, 5.41) is 10.7. The topological polar surface area (TPSA) is 43.8 Å². The van der Waals surface area contributed by atoms with Gasteiger partial charge in [-0.1, -0.05) is 24.3 Å². The summed E-state index contributed by atoms with van der Waals surface area (Å²) in [6.07, 6.45) is 3.98. The number of hydrogen-bond donors (Lipinski definition) is 1. The second kappa shape index (κ2) is 8.12. The lowest BCUT2D eigenvalue weighted by molar-refractivity contribution is -0.000864. The van der Waals surface area contributed by atoms with Gasteiger partial charge in [-0.3, -0.25) is 9.69 Å². The van der Waals surface area contributed by atoms with Crippen molar-refractivity contribution in [3.63, 3.8) is 0 Å². The molecule has 1 amide bonds. The predicted molar refractivity (Wildman–Crippen MR) is 115 cm³/mol. The van der Waals surface area contributed by atoms with E-state index in [1.165, 1.54) is 25.0 Å². The Bertz CT molecular complexity index is 910. The molecule has 5 heteroatoms. The van der Waals surface area contributed by atoms with Crippen LogP contribution < -0.4 is 0 Å². The van der Waals surface area contributed by atoms with Crippen molar-refractivity contribution < 1.29 is 14.3 Å². The number of halogens is 1. The first kappa shape index (κ1) is 19.7. The number of nitrogens with zero attached hydrogens (tertiary/aromatic N) is 2. The van der Waals surface area contributed by atoms with Crippen LogP contribution in [-0.2, 0) is 0 Å². The number of benzene rings is 2. The van der Waals surface area contributed by atoms with Gasteiger partial charge in [-0.25, -0.2) is 4.39 Å². The van der Waals surface area contributed by atoms with Crippen molar-refractivity contribution in [3.8, 4) is 11.1 Å². The van der Waals surface area contributed by atoms with E-state index in [0.29, 0.717) is 17.4 Å². The normalized spacial score (nSPS) is 29.2. The molecule has 2 aromatic carbocycles. The summed E-state index contributed by atoms with van der Waals surface area (Å²) in [4.78, 5) is 17.5. The summed E-state index contributed by atoms with van der Waals surface area (Å²) in [6.45, 7) is 3.71. The number of carbonyl (C=O) groups is 1. The zero-order chi connectivity index (χ0) is 20.7. The molecule has 1 N–H and O–H groups in total. The minimum absolute atomic E-state index is 0.0578. The Morgan fingerprint density at radius 1 is 0.933 bits per heavy atom. The van der Waals surface area contributed by atoms with Crippen LogP contribution in [0, 0.1) is 17.7 Å². The van der Waals surface area contributed by atoms with Crippen molar-refractivity contribution in [1.82, 2.24) is 9.80 Å².